The number of carbonyl (C=O) groups excluding carboxylic acids is 4. The average molecular weight is 476 g/mol. The number of amides is 3. The third kappa shape index (κ3) is 4.95. The fourth-order valence-corrected chi connectivity index (χ4v) is 3.79. The number of thioether (sulfide) groups is 1. The SMILES string of the molecule is COC(=O)c1cc(NC(=O)CN2C(=O)S/C(=C/c3ccccc3[N+](=O)[O-])C2=O)ccc1Cl. The number of halogens is 1. The molecule has 1 aliphatic heterocycles. The second-order valence-corrected chi connectivity index (χ2v) is 7.72. The number of nitrogens with zero attached hydrogens (tertiary/aromatic N) is 2. The van der Waals surface area contributed by atoms with Crippen LogP contribution in [0, 0.1) is 10.1 Å². The molecule has 1 fully saturated rings. The summed E-state index contributed by atoms with van der Waals surface area (Å²) in [5.41, 5.74) is 0.179. The first-order valence-corrected chi connectivity index (χ1v) is 10.1. The third-order valence-corrected chi connectivity index (χ3v) is 5.49. The minimum atomic E-state index is -0.750. The maximum Gasteiger partial charge on any atom is 0.339 e. The zero-order chi connectivity index (χ0) is 23.4. The molecule has 0 saturated carbocycles. The average Bonchev–Trinajstić information content (AvgIpc) is 3.02. The molecule has 2 aromatic carbocycles. The molecule has 3 rings (SSSR count). The fraction of sp³-hybridized carbons (Fsp3) is 0.100. The van der Waals surface area contributed by atoms with Crippen molar-refractivity contribution in [2.24, 2.45) is 0 Å². The highest BCUT2D eigenvalue weighted by molar-refractivity contribution is 8.18. The Morgan fingerprint density at radius 2 is 1.97 bits per heavy atom. The summed E-state index contributed by atoms with van der Waals surface area (Å²) in [5, 5.41) is 13.1. The first kappa shape index (κ1) is 23.0. The number of hydrogen-bond donors (Lipinski definition) is 1. The molecular weight excluding hydrogens is 462 g/mol. The van der Waals surface area contributed by atoms with Crippen LogP contribution in [0.25, 0.3) is 6.08 Å². The number of carbonyl (C=O) groups is 4. The number of nitro groups is 1. The van der Waals surface area contributed by atoms with E-state index in [0.717, 1.165) is 4.90 Å². The van der Waals surface area contributed by atoms with E-state index in [-0.39, 0.29) is 32.4 Å². The van der Waals surface area contributed by atoms with Crippen molar-refractivity contribution in [2.75, 3.05) is 19.0 Å². The highest BCUT2D eigenvalue weighted by Gasteiger charge is 2.36. The van der Waals surface area contributed by atoms with Crippen LogP contribution >= 0.6 is 23.4 Å². The zero-order valence-electron chi connectivity index (χ0n) is 16.4. The minimum absolute atomic E-state index is 0.0329. The predicted octanol–water partition coefficient (Wildman–Crippen LogP) is 3.71. The van der Waals surface area contributed by atoms with Gasteiger partial charge in [-0.3, -0.25) is 29.4 Å². The van der Waals surface area contributed by atoms with Crippen LogP contribution in [0.3, 0.4) is 0 Å². The van der Waals surface area contributed by atoms with E-state index in [9.17, 15) is 29.3 Å². The molecule has 164 valence electrons. The molecule has 12 heteroatoms. The number of nitrogens with one attached hydrogen (secondary N) is 1. The van der Waals surface area contributed by atoms with Gasteiger partial charge in [-0.2, -0.15) is 0 Å². The topological polar surface area (TPSA) is 136 Å². The van der Waals surface area contributed by atoms with Crippen molar-refractivity contribution in [3.8, 4) is 0 Å². The van der Waals surface area contributed by atoms with Gasteiger partial charge in [0.25, 0.3) is 16.8 Å². The molecule has 1 aliphatic rings. The maximum atomic E-state index is 12.6. The van der Waals surface area contributed by atoms with Crippen molar-refractivity contribution in [1.29, 1.82) is 0 Å². The maximum absolute atomic E-state index is 12.6. The van der Waals surface area contributed by atoms with Crippen LogP contribution in [0.4, 0.5) is 16.2 Å². The van der Waals surface area contributed by atoms with Gasteiger partial charge in [0.05, 0.1) is 33.1 Å². The van der Waals surface area contributed by atoms with E-state index in [1.165, 1.54) is 49.6 Å². The summed E-state index contributed by atoms with van der Waals surface area (Å²) in [6.07, 6.45) is 1.24. The Morgan fingerprint density at radius 1 is 1.25 bits per heavy atom. The van der Waals surface area contributed by atoms with Gasteiger partial charge in [0.15, 0.2) is 0 Å². The number of esters is 1. The van der Waals surface area contributed by atoms with E-state index in [1.807, 2.05) is 0 Å². The Bertz CT molecular complexity index is 1180. The van der Waals surface area contributed by atoms with Crippen LogP contribution in [-0.2, 0) is 14.3 Å². The number of para-hydroxylation sites is 1. The highest BCUT2D eigenvalue weighted by Crippen LogP contribution is 2.33. The Hall–Kier alpha value is -3.70. The first-order chi connectivity index (χ1) is 15.2. The normalized spacial score (nSPS) is 14.6. The number of methoxy groups -OCH3 is 1. The molecule has 0 bridgehead atoms. The summed E-state index contributed by atoms with van der Waals surface area (Å²) in [6, 6.07) is 9.89. The number of benzene rings is 2. The summed E-state index contributed by atoms with van der Waals surface area (Å²) < 4.78 is 4.61. The molecule has 1 N–H and O–H groups in total. The van der Waals surface area contributed by atoms with Crippen LogP contribution in [0.1, 0.15) is 15.9 Å². The van der Waals surface area contributed by atoms with Gasteiger partial charge in [-0.25, -0.2) is 4.79 Å². The summed E-state index contributed by atoms with van der Waals surface area (Å²) in [5.74, 6) is -2.14. The lowest BCUT2D eigenvalue weighted by atomic mass is 10.1. The van der Waals surface area contributed by atoms with Crippen molar-refractivity contribution in [3.05, 3.63) is 73.6 Å². The summed E-state index contributed by atoms with van der Waals surface area (Å²) in [7, 11) is 1.18. The van der Waals surface area contributed by atoms with Crippen LogP contribution < -0.4 is 5.32 Å². The number of imide groups is 1. The van der Waals surface area contributed by atoms with Crippen molar-refractivity contribution < 1.29 is 28.8 Å². The summed E-state index contributed by atoms with van der Waals surface area (Å²) >= 11 is 6.51. The van der Waals surface area contributed by atoms with Gasteiger partial charge in [0.2, 0.25) is 5.91 Å². The monoisotopic (exact) mass is 475 g/mol. The number of anilines is 1. The molecule has 0 atom stereocenters. The highest BCUT2D eigenvalue weighted by atomic mass is 35.5. The van der Waals surface area contributed by atoms with E-state index in [0.29, 0.717) is 11.8 Å². The molecule has 0 radical (unpaired) electrons. The van der Waals surface area contributed by atoms with E-state index in [2.05, 4.69) is 10.1 Å². The zero-order valence-corrected chi connectivity index (χ0v) is 17.9. The van der Waals surface area contributed by atoms with Gasteiger partial charge in [0.1, 0.15) is 6.54 Å². The number of ether oxygens (including phenoxy) is 1. The molecule has 0 unspecified atom stereocenters. The van der Waals surface area contributed by atoms with Crippen molar-refractivity contribution in [1.82, 2.24) is 4.90 Å². The summed E-state index contributed by atoms with van der Waals surface area (Å²) in [6.45, 7) is -0.588. The lowest BCUT2D eigenvalue weighted by Gasteiger charge is -2.13. The molecule has 2 aromatic rings. The molecule has 0 aromatic heterocycles. The van der Waals surface area contributed by atoms with Crippen LogP contribution in [0.2, 0.25) is 5.02 Å². The van der Waals surface area contributed by atoms with E-state index >= 15 is 0 Å². The lowest BCUT2D eigenvalue weighted by molar-refractivity contribution is -0.385. The largest absolute Gasteiger partial charge is 0.465 e. The summed E-state index contributed by atoms with van der Waals surface area (Å²) in [4.78, 5) is 60.2. The quantitative estimate of drug-likeness (QED) is 0.289. The predicted molar refractivity (Wildman–Crippen MR) is 117 cm³/mol. The Kier molecular flexibility index (Phi) is 6.91. The smallest absolute Gasteiger partial charge is 0.339 e. The van der Waals surface area contributed by atoms with Crippen LogP contribution in [0.15, 0.2) is 47.4 Å². The number of rotatable bonds is 6. The second-order valence-electron chi connectivity index (χ2n) is 6.32. The Balaban J connectivity index is 1.74. The minimum Gasteiger partial charge on any atom is -0.465 e. The molecule has 32 heavy (non-hydrogen) atoms. The number of nitro benzene ring substituents is 1. The molecule has 1 heterocycles. The van der Waals surface area contributed by atoms with Gasteiger partial charge in [0, 0.05) is 11.8 Å². The van der Waals surface area contributed by atoms with E-state index < -0.39 is 34.5 Å². The van der Waals surface area contributed by atoms with Crippen molar-refractivity contribution in [3.63, 3.8) is 0 Å². The van der Waals surface area contributed by atoms with Gasteiger partial charge >= 0.3 is 5.97 Å². The van der Waals surface area contributed by atoms with Gasteiger partial charge in [-0.05, 0) is 42.1 Å². The molecular formula is C20H14ClN3O7S. The standard InChI is InChI=1S/C20H14ClN3O7S/c1-31-19(27)13-9-12(6-7-14(13)21)22-17(25)10-23-18(26)16(32-20(23)28)8-11-4-2-3-5-15(11)24(29)30/h2-9H,10H2,1H3,(H,22,25)/b16-8+. The molecule has 3 amide bonds. The number of hydrogen-bond acceptors (Lipinski definition) is 8. The Labute approximate surface area is 190 Å². The van der Waals surface area contributed by atoms with Gasteiger partial charge < -0.3 is 10.1 Å². The van der Waals surface area contributed by atoms with Crippen LogP contribution in [0.5, 0.6) is 0 Å². The second kappa shape index (κ2) is 9.62. The molecule has 0 aliphatic carbocycles. The van der Waals surface area contributed by atoms with Crippen molar-refractivity contribution >= 4 is 63.8 Å². The van der Waals surface area contributed by atoms with Crippen LogP contribution in [-0.4, -0.2) is 46.5 Å². The van der Waals surface area contributed by atoms with E-state index in [4.69, 9.17) is 11.6 Å². The lowest BCUT2D eigenvalue weighted by Crippen LogP contribution is -2.36. The molecule has 0 spiro atoms. The van der Waals surface area contributed by atoms with Gasteiger partial charge in [-0.1, -0.05) is 23.7 Å². The Morgan fingerprint density at radius 3 is 2.66 bits per heavy atom. The molecule has 10 nitrogen and oxygen atoms in total. The fourth-order valence-electron chi connectivity index (χ4n) is 2.77. The van der Waals surface area contributed by atoms with Crippen molar-refractivity contribution in [2.45, 2.75) is 0 Å². The molecule has 1 saturated heterocycles. The third-order valence-electron chi connectivity index (χ3n) is 4.25. The van der Waals surface area contributed by atoms with E-state index in [1.54, 1.807) is 6.07 Å². The van der Waals surface area contributed by atoms with Gasteiger partial charge in [-0.15, -0.1) is 0 Å². The first-order valence-electron chi connectivity index (χ1n) is 8.87.